The van der Waals surface area contributed by atoms with Gasteiger partial charge in [0, 0.05) is 12.6 Å². The van der Waals surface area contributed by atoms with E-state index in [-0.39, 0.29) is 0 Å². The number of allylic oxidation sites excluding steroid dienone is 1. The molecule has 0 bridgehead atoms. The Kier molecular flexibility index (Phi) is 4.61. The normalized spacial score (nSPS) is 23.6. The van der Waals surface area contributed by atoms with Gasteiger partial charge in [0.25, 0.3) is 0 Å². The fourth-order valence-electron chi connectivity index (χ4n) is 1.40. The highest BCUT2D eigenvalue weighted by molar-refractivity contribution is 4.84. The second-order valence-corrected chi connectivity index (χ2v) is 3.54. The lowest BCUT2D eigenvalue weighted by molar-refractivity contribution is 0.120. The molecule has 1 heterocycles. The van der Waals surface area contributed by atoms with E-state index in [1.165, 1.54) is 0 Å². The standard InChI is InChI=1S/C11H19NO/c1-3-6-10(2)12-9-11-7-4-5-8-13-11/h3,5,8,10-12H,1,4,6-7,9H2,2H3. The summed E-state index contributed by atoms with van der Waals surface area (Å²) >= 11 is 0. The fourth-order valence-corrected chi connectivity index (χ4v) is 1.40. The molecule has 0 amide bonds. The van der Waals surface area contributed by atoms with Crippen molar-refractivity contribution in [1.82, 2.24) is 5.32 Å². The van der Waals surface area contributed by atoms with Crippen LogP contribution in [0.5, 0.6) is 0 Å². The van der Waals surface area contributed by atoms with Gasteiger partial charge in [0.1, 0.15) is 6.10 Å². The van der Waals surface area contributed by atoms with Gasteiger partial charge in [0.05, 0.1) is 6.26 Å². The van der Waals surface area contributed by atoms with Crippen LogP contribution in [0.15, 0.2) is 25.0 Å². The largest absolute Gasteiger partial charge is 0.497 e. The highest BCUT2D eigenvalue weighted by Crippen LogP contribution is 2.09. The van der Waals surface area contributed by atoms with Crippen LogP contribution in [0.1, 0.15) is 26.2 Å². The molecule has 1 aliphatic heterocycles. The molecular formula is C11H19NO. The van der Waals surface area contributed by atoms with Crippen molar-refractivity contribution < 1.29 is 4.74 Å². The molecule has 0 aromatic rings. The first-order valence-corrected chi connectivity index (χ1v) is 4.97. The molecule has 0 aromatic carbocycles. The highest BCUT2D eigenvalue weighted by atomic mass is 16.5. The third kappa shape index (κ3) is 4.13. The second-order valence-electron chi connectivity index (χ2n) is 3.54. The zero-order valence-corrected chi connectivity index (χ0v) is 8.33. The fraction of sp³-hybridized carbons (Fsp3) is 0.636. The van der Waals surface area contributed by atoms with Crippen molar-refractivity contribution in [2.24, 2.45) is 0 Å². The lowest BCUT2D eigenvalue weighted by Gasteiger charge is -2.21. The number of rotatable bonds is 5. The maximum atomic E-state index is 5.44. The zero-order chi connectivity index (χ0) is 9.52. The van der Waals surface area contributed by atoms with Gasteiger partial charge in [0.2, 0.25) is 0 Å². The molecule has 2 unspecified atom stereocenters. The Labute approximate surface area is 80.7 Å². The van der Waals surface area contributed by atoms with E-state index in [1.807, 2.05) is 12.3 Å². The summed E-state index contributed by atoms with van der Waals surface area (Å²) < 4.78 is 5.44. The van der Waals surface area contributed by atoms with Gasteiger partial charge in [-0.1, -0.05) is 6.08 Å². The van der Waals surface area contributed by atoms with Crippen LogP contribution in [0, 0.1) is 0 Å². The predicted octanol–water partition coefficient (Wildman–Crippen LogP) is 2.23. The van der Waals surface area contributed by atoms with Crippen molar-refractivity contribution in [2.45, 2.75) is 38.3 Å². The van der Waals surface area contributed by atoms with Gasteiger partial charge >= 0.3 is 0 Å². The van der Waals surface area contributed by atoms with Crippen LogP contribution < -0.4 is 5.32 Å². The minimum Gasteiger partial charge on any atom is -0.497 e. The van der Waals surface area contributed by atoms with E-state index in [0.29, 0.717) is 12.1 Å². The average molecular weight is 181 g/mol. The SMILES string of the molecule is C=CCC(C)NCC1CCC=CO1. The summed E-state index contributed by atoms with van der Waals surface area (Å²) in [6, 6.07) is 0.506. The van der Waals surface area contributed by atoms with Gasteiger partial charge in [-0.15, -0.1) is 6.58 Å². The molecule has 1 rings (SSSR count). The Hall–Kier alpha value is -0.760. The molecule has 74 valence electrons. The molecule has 0 aliphatic carbocycles. The summed E-state index contributed by atoms with van der Waals surface area (Å²) in [5, 5.41) is 3.42. The molecule has 0 fully saturated rings. The summed E-state index contributed by atoms with van der Waals surface area (Å²) in [5.41, 5.74) is 0. The lowest BCUT2D eigenvalue weighted by atomic mass is 10.1. The summed E-state index contributed by atoms with van der Waals surface area (Å²) in [4.78, 5) is 0. The molecule has 1 aliphatic rings. The van der Waals surface area contributed by atoms with Crippen LogP contribution in [-0.4, -0.2) is 18.7 Å². The van der Waals surface area contributed by atoms with Gasteiger partial charge in [-0.25, -0.2) is 0 Å². The number of nitrogens with one attached hydrogen (secondary N) is 1. The van der Waals surface area contributed by atoms with Crippen LogP contribution in [0.4, 0.5) is 0 Å². The molecule has 0 radical (unpaired) electrons. The van der Waals surface area contributed by atoms with E-state index in [4.69, 9.17) is 4.74 Å². The Morgan fingerprint density at radius 1 is 1.77 bits per heavy atom. The predicted molar refractivity (Wildman–Crippen MR) is 55.5 cm³/mol. The van der Waals surface area contributed by atoms with Gasteiger partial charge in [-0.2, -0.15) is 0 Å². The molecule has 0 saturated heterocycles. The Bertz CT molecular complexity index is 177. The van der Waals surface area contributed by atoms with Crippen LogP contribution in [-0.2, 0) is 4.74 Å². The molecule has 0 saturated carbocycles. The van der Waals surface area contributed by atoms with Crippen molar-refractivity contribution in [2.75, 3.05) is 6.54 Å². The number of hydrogen-bond donors (Lipinski definition) is 1. The first kappa shape index (κ1) is 10.3. The topological polar surface area (TPSA) is 21.3 Å². The van der Waals surface area contributed by atoms with Gasteiger partial charge in [0.15, 0.2) is 0 Å². The summed E-state index contributed by atoms with van der Waals surface area (Å²) in [5.74, 6) is 0. The molecule has 0 spiro atoms. The van der Waals surface area contributed by atoms with Crippen molar-refractivity contribution in [1.29, 1.82) is 0 Å². The minimum atomic E-state index is 0.359. The molecule has 1 N–H and O–H groups in total. The Morgan fingerprint density at radius 2 is 2.62 bits per heavy atom. The van der Waals surface area contributed by atoms with E-state index in [2.05, 4.69) is 24.9 Å². The van der Waals surface area contributed by atoms with Crippen molar-refractivity contribution in [3.05, 3.63) is 25.0 Å². The highest BCUT2D eigenvalue weighted by Gasteiger charge is 2.11. The van der Waals surface area contributed by atoms with E-state index < -0.39 is 0 Å². The quantitative estimate of drug-likeness (QED) is 0.657. The Balaban J connectivity index is 2.10. The molecule has 2 atom stereocenters. The molecule has 0 aromatic heterocycles. The third-order valence-electron chi connectivity index (χ3n) is 2.24. The Morgan fingerprint density at radius 3 is 3.23 bits per heavy atom. The second kappa shape index (κ2) is 5.81. The van der Waals surface area contributed by atoms with Crippen molar-refractivity contribution in [3.63, 3.8) is 0 Å². The van der Waals surface area contributed by atoms with Crippen LogP contribution in [0.2, 0.25) is 0 Å². The van der Waals surface area contributed by atoms with E-state index in [1.54, 1.807) is 0 Å². The van der Waals surface area contributed by atoms with Crippen molar-refractivity contribution in [3.8, 4) is 0 Å². The average Bonchev–Trinajstić information content (AvgIpc) is 2.17. The maximum absolute atomic E-state index is 5.44. The van der Waals surface area contributed by atoms with E-state index in [0.717, 1.165) is 25.8 Å². The first-order chi connectivity index (χ1) is 6.33. The number of ether oxygens (including phenoxy) is 1. The summed E-state index contributed by atoms with van der Waals surface area (Å²) in [6.45, 7) is 6.82. The van der Waals surface area contributed by atoms with E-state index >= 15 is 0 Å². The van der Waals surface area contributed by atoms with Gasteiger partial charge in [-0.05, 0) is 32.3 Å². The molecular weight excluding hydrogens is 162 g/mol. The third-order valence-corrected chi connectivity index (χ3v) is 2.24. The summed E-state index contributed by atoms with van der Waals surface area (Å²) in [6.07, 6.45) is 9.48. The smallest absolute Gasteiger partial charge is 0.110 e. The lowest BCUT2D eigenvalue weighted by Crippen LogP contribution is -2.34. The van der Waals surface area contributed by atoms with Crippen LogP contribution in [0.25, 0.3) is 0 Å². The van der Waals surface area contributed by atoms with E-state index in [9.17, 15) is 0 Å². The zero-order valence-electron chi connectivity index (χ0n) is 8.33. The molecule has 13 heavy (non-hydrogen) atoms. The minimum absolute atomic E-state index is 0.359. The molecule has 2 nitrogen and oxygen atoms in total. The van der Waals surface area contributed by atoms with Gasteiger partial charge < -0.3 is 10.1 Å². The van der Waals surface area contributed by atoms with Gasteiger partial charge in [-0.3, -0.25) is 0 Å². The summed E-state index contributed by atoms with van der Waals surface area (Å²) in [7, 11) is 0. The molecule has 2 heteroatoms. The first-order valence-electron chi connectivity index (χ1n) is 4.97. The number of hydrogen-bond acceptors (Lipinski definition) is 2. The van der Waals surface area contributed by atoms with Crippen LogP contribution in [0.3, 0.4) is 0 Å². The maximum Gasteiger partial charge on any atom is 0.110 e. The monoisotopic (exact) mass is 181 g/mol. The van der Waals surface area contributed by atoms with Crippen molar-refractivity contribution >= 4 is 0 Å². The van der Waals surface area contributed by atoms with Crippen LogP contribution >= 0.6 is 0 Å².